The lowest BCUT2D eigenvalue weighted by Gasteiger charge is -2.08. The first kappa shape index (κ1) is 18.7. The smallest absolute Gasteiger partial charge is 0.334 e. The van der Waals surface area contributed by atoms with Gasteiger partial charge in [-0.1, -0.05) is 39.7 Å². The van der Waals surface area contributed by atoms with Crippen molar-refractivity contribution in [1.82, 2.24) is 0 Å². The minimum absolute atomic E-state index is 0.0442. The third-order valence-electron chi connectivity index (χ3n) is 3.18. The molecule has 126 valence electrons. The number of halogens is 2. The Labute approximate surface area is 154 Å². The highest BCUT2D eigenvalue weighted by Gasteiger charge is 2.21. The van der Waals surface area contributed by atoms with Gasteiger partial charge in [-0.2, -0.15) is 0 Å². The number of esters is 1. The fraction of sp³-hybridized carbons (Fsp3) is 0.118. The zero-order valence-corrected chi connectivity index (χ0v) is 15.9. The maximum atomic E-state index is 12.5. The third kappa shape index (κ3) is 4.93. The fourth-order valence-electron chi connectivity index (χ4n) is 1.98. The summed E-state index contributed by atoms with van der Waals surface area (Å²) in [4.78, 5) is 12.1. The number of rotatable bonds is 5. The molecule has 7 heteroatoms. The Balaban J connectivity index is 2.37. The van der Waals surface area contributed by atoms with Crippen LogP contribution < -0.4 is 0 Å². The number of carbonyl (C=O) groups excluding carboxylic acids is 1. The van der Waals surface area contributed by atoms with E-state index in [9.17, 15) is 13.2 Å². The van der Waals surface area contributed by atoms with Crippen molar-refractivity contribution in [2.24, 2.45) is 0 Å². The second kappa shape index (κ2) is 7.96. The van der Waals surface area contributed by atoms with Gasteiger partial charge in [-0.25, -0.2) is 13.2 Å². The number of ether oxygens (including phenoxy) is 1. The first-order chi connectivity index (χ1) is 11.3. The van der Waals surface area contributed by atoms with E-state index in [1.54, 1.807) is 36.4 Å². The molecule has 2 aromatic rings. The van der Waals surface area contributed by atoms with Crippen molar-refractivity contribution in [2.45, 2.75) is 4.90 Å². The lowest BCUT2D eigenvalue weighted by molar-refractivity contribution is -0.135. The number of carbonyl (C=O) groups is 1. The van der Waals surface area contributed by atoms with Crippen LogP contribution in [0, 0.1) is 0 Å². The molecule has 24 heavy (non-hydrogen) atoms. The van der Waals surface area contributed by atoms with Crippen LogP contribution in [0.2, 0.25) is 5.02 Å². The molecule has 0 saturated heterocycles. The van der Waals surface area contributed by atoms with Gasteiger partial charge in [-0.3, -0.25) is 0 Å². The Kier molecular flexibility index (Phi) is 6.21. The van der Waals surface area contributed by atoms with Crippen LogP contribution in [0.1, 0.15) is 5.56 Å². The molecule has 0 N–H and O–H groups in total. The zero-order chi connectivity index (χ0) is 17.7. The normalized spacial score (nSPS) is 12.0. The summed E-state index contributed by atoms with van der Waals surface area (Å²) < 4.78 is 30.5. The number of methoxy groups -OCH3 is 1. The largest absolute Gasteiger partial charge is 0.466 e. The van der Waals surface area contributed by atoms with Crippen molar-refractivity contribution in [3.8, 4) is 0 Å². The molecule has 0 aliphatic carbocycles. The Bertz CT molecular complexity index is 856. The fourth-order valence-corrected chi connectivity index (χ4v) is 3.70. The molecule has 0 heterocycles. The number of sulfone groups is 1. The zero-order valence-electron chi connectivity index (χ0n) is 12.7. The van der Waals surface area contributed by atoms with Crippen LogP contribution in [0.5, 0.6) is 0 Å². The molecule has 0 aliphatic rings. The molecule has 0 amide bonds. The van der Waals surface area contributed by atoms with E-state index in [0.29, 0.717) is 10.6 Å². The first-order valence-electron chi connectivity index (χ1n) is 6.84. The summed E-state index contributed by atoms with van der Waals surface area (Å²) in [5.74, 6) is -1.14. The summed E-state index contributed by atoms with van der Waals surface area (Å²) in [5, 5.41) is 0.550. The Morgan fingerprint density at radius 2 is 1.71 bits per heavy atom. The van der Waals surface area contributed by atoms with Crippen molar-refractivity contribution in [2.75, 3.05) is 12.9 Å². The van der Waals surface area contributed by atoms with E-state index in [-0.39, 0.29) is 10.5 Å². The van der Waals surface area contributed by atoms with Crippen LogP contribution in [0.25, 0.3) is 6.08 Å². The molecule has 0 bridgehead atoms. The molecule has 2 rings (SSSR count). The van der Waals surface area contributed by atoms with E-state index in [0.717, 1.165) is 4.47 Å². The summed E-state index contributed by atoms with van der Waals surface area (Å²) in [7, 11) is -2.46. The van der Waals surface area contributed by atoms with Gasteiger partial charge in [0.15, 0.2) is 9.84 Å². The maximum Gasteiger partial charge on any atom is 0.334 e. The highest BCUT2D eigenvalue weighted by atomic mass is 79.9. The molecular formula is C17H14BrClO4S. The summed E-state index contributed by atoms with van der Waals surface area (Å²) in [6, 6.07) is 12.9. The molecular weight excluding hydrogens is 416 g/mol. The molecule has 0 fully saturated rings. The van der Waals surface area contributed by atoms with E-state index in [2.05, 4.69) is 15.9 Å². The second-order valence-electron chi connectivity index (χ2n) is 4.93. The molecule has 0 aliphatic heterocycles. The van der Waals surface area contributed by atoms with Gasteiger partial charge in [0.05, 0.1) is 23.3 Å². The van der Waals surface area contributed by atoms with E-state index >= 15 is 0 Å². The Morgan fingerprint density at radius 1 is 1.12 bits per heavy atom. The summed E-state index contributed by atoms with van der Waals surface area (Å²) in [5.41, 5.74) is 0.702. The molecule has 0 aromatic heterocycles. The van der Waals surface area contributed by atoms with Crippen molar-refractivity contribution >= 4 is 49.4 Å². The molecule has 0 radical (unpaired) electrons. The van der Waals surface area contributed by atoms with Crippen LogP contribution in [-0.2, 0) is 19.4 Å². The van der Waals surface area contributed by atoms with Crippen LogP contribution in [0.15, 0.2) is 63.5 Å². The summed E-state index contributed by atoms with van der Waals surface area (Å²) in [6.07, 6.45) is 1.48. The van der Waals surface area contributed by atoms with Crippen molar-refractivity contribution in [1.29, 1.82) is 0 Å². The minimum Gasteiger partial charge on any atom is -0.466 e. The molecule has 4 nitrogen and oxygen atoms in total. The van der Waals surface area contributed by atoms with Gasteiger partial charge in [-0.15, -0.1) is 0 Å². The van der Waals surface area contributed by atoms with Crippen LogP contribution in [-0.4, -0.2) is 27.2 Å². The van der Waals surface area contributed by atoms with Crippen molar-refractivity contribution in [3.05, 3.63) is 69.2 Å². The molecule has 2 aromatic carbocycles. The van der Waals surface area contributed by atoms with Gasteiger partial charge in [0, 0.05) is 9.50 Å². The SMILES string of the molecule is COC(=O)/C(=C/c1ccc(Cl)cc1)CS(=O)(=O)c1ccc(Br)cc1. The number of hydrogen-bond acceptors (Lipinski definition) is 4. The summed E-state index contributed by atoms with van der Waals surface area (Å²) >= 11 is 9.08. The average molecular weight is 430 g/mol. The van der Waals surface area contributed by atoms with Crippen LogP contribution >= 0.6 is 27.5 Å². The number of benzene rings is 2. The maximum absolute atomic E-state index is 12.5. The lowest BCUT2D eigenvalue weighted by atomic mass is 10.1. The van der Waals surface area contributed by atoms with Gasteiger partial charge >= 0.3 is 5.97 Å². The first-order valence-corrected chi connectivity index (χ1v) is 9.67. The Morgan fingerprint density at radius 3 is 2.25 bits per heavy atom. The quantitative estimate of drug-likeness (QED) is 0.529. The van der Waals surface area contributed by atoms with E-state index in [1.807, 2.05) is 0 Å². The second-order valence-corrected chi connectivity index (χ2v) is 8.27. The van der Waals surface area contributed by atoms with E-state index in [1.165, 1.54) is 25.3 Å². The van der Waals surface area contributed by atoms with Gasteiger partial charge in [-0.05, 0) is 48.0 Å². The molecule has 0 spiro atoms. The van der Waals surface area contributed by atoms with E-state index in [4.69, 9.17) is 16.3 Å². The minimum atomic E-state index is -3.68. The molecule has 0 saturated carbocycles. The predicted octanol–water partition coefficient (Wildman–Crippen LogP) is 4.13. The standard InChI is InChI=1S/C17H14BrClO4S/c1-23-17(20)13(10-12-2-6-15(19)7-3-12)11-24(21,22)16-8-4-14(18)5-9-16/h2-10H,11H2,1H3/b13-10+. The van der Waals surface area contributed by atoms with Gasteiger partial charge in [0.25, 0.3) is 0 Å². The highest BCUT2D eigenvalue weighted by molar-refractivity contribution is 9.10. The van der Waals surface area contributed by atoms with Crippen molar-refractivity contribution < 1.29 is 17.9 Å². The molecule has 0 unspecified atom stereocenters. The Hall–Kier alpha value is -1.63. The number of hydrogen-bond donors (Lipinski definition) is 0. The third-order valence-corrected chi connectivity index (χ3v) is 5.64. The van der Waals surface area contributed by atoms with Crippen LogP contribution in [0.4, 0.5) is 0 Å². The van der Waals surface area contributed by atoms with Crippen LogP contribution in [0.3, 0.4) is 0 Å². The van der Waals surface area contributed by atoms with Gasteiger partial charge in [0.2, 0.25) is 0 Å². The predicted molar refractivity (Wildman–Crippen MR) is 97.6 cm³/mol. The summed E-state index contributed by atoms with van der Waals surface area (Å²) in [6.45, 7) is 0. The van der Waals surface area contributed by atoms with E-state index < -0.39 is 21.6 Å². The highest BCUT2D eigenvalue weighted by Crippen LogP contribution is 2.20. The average Bonchev–Trinajstić information content (AvgIpc) is 2.55. The van der Waals surface area contributed by atoms with Crippen molar-refractivity contribution in [3.63, 3.8) is 0 Å². The van der Waals surface area contributed by atoms with Gasteiger partial charge in [0.1, 0.15) is 0 Å². The molecule has 0 atom stereocenters. The lowest BCUT2D eigenvalue weighted by Crippen LogP contribution is -2.16. The topological polar surface area (TPSA) is 60.4 Å². The van der Waals surface area contributed by atoms with Gasteiger partial charge < -0.3 is 4.74 Å². The monoisotopic (exact) mass is 428 g/mol.